The number of aromatic nitrogens is 1. The average molecular weight is 426 g/mol. The summed E-state index contributed by atoms with van der Waals surface area (Å²) in [6.07, 6.45) is 3.50. The molecule has 2 heterocycles. The predicted molar refractivity (Wildman–Crippen MR) is 118 cm³/mol. The fourth-order valence-corrected chi connectivity index (χ4v) is 3.89. The second kappa shape index (κ2) is 8.50. The number of amidine groups is 1. The minimum absolute atomic E-state index is 0.0321. The van der Waals surface area contributed by atoms with Crippen molar-refractivity contribution in [2.45, 2.75) is 11.7 Å². The molecule has 0 bridgehead atoms. The molecule has 1 aromatic heterocycles. The maximum absolute atomic E-state index is 12.2. The Balaban J connectivity index is 1.35. The van der Waals surface area contributed by atoms with Crippen molar-refractivity contribution in [2.75, 3.05) is 5.32 Å². The number of nitrogens with zero attached hydrogens (tertiary/aromatic N) is 2. The van der Waals surface area contributed by atoms with Crippen LogP contribution >= 0.6 is 23.4 Å². The second-order valence-electron chi connectivity index (χ2n) is 6.29. The van der Waals surface area contributed by atoms with Crippen LogP contribution in [0.4, 0.5) is 5.69 Å². The molecule has 1 atom stereocenters. The fourth-order valence-electron chi connectivity index (χ4n) is 2.84. The number of rotatable bonds is 5. The number of fused-ring (bicyclic) bond motifs is 1. The Morgan fingerprint density at radius 2 is 2.00 bits per heavy atom. The van der Waals surface area contributed by atoms with E-state index in [1.54, 1.807) is 30.5 Å². The van der Waals surface area contributed by atoms with Gasteiger partial charge in [0.2, 0.25) is 11.8 Å². The molecule has 0 saturated carbocycles. The normalized spacial score (nSPS) is 17.9. The molecule has 4 rings (SSSR count). The van der Waals surface area contributed by atoms with E-state index in [-0.39, 0.29) is 18.2 Å². The summed E-state index contributed by atoms with van der Waals surface area (Å²) in [6, 6.07) is 14.6. The van der Waals surface area contributed by atoms with E-state index in [0.717, 1.165) is 16.5 Å². The zero-order valence-electron chi connectivity index (χ0n) is 15.1. The van der Waals surface area contributed by atoms with E-state index in [2.05, 4.69) is 25.8 Å². The zero-order chi connectivity index (χ0) is 20.2. The highest BCUT2D eigenvalue weighted by Crippen LogP contribution is 2.23. The number of benzene rings is 2. The van der Waals surface area contributed by atoms with Gasteiger partial charge in [-0.1, -0.05) is 41.6 Å². The largest absolute Gasteiger partial charge is 0.361 e. The van der Waals surface area contributed by atoms with E-state index in [0.29, 0.717) is 15.9 Å². The third kappa shape index (κ3) is 4.67. The first kappa shape index (κ1) is 19.2. The van der Waals surface area contributed by atoms with Crippen molar-refractivity contribution in [3.8, 4) is 0 Å². The van der Waals surface area contributed by atoms with Gasteiger partial charge in [0, 0.05) is 39.8 Å². The van der Waals surface area contributed by atoms with Gasteiger partial charge in [-0.15, -0.1) is 5.10 Å². The van der Waals surface area contributed by atoms with E-state index >= 15 is 0 Å². The number of nitrogens with one attached hydrogen (secondary N) is 3. The van der Waals surface area contributed by atoms with Crippen LogP contribution in [0, 0.1) is 0 Å². The summed E-state index contributed by atoms with van der Waals surface area (Å²) in [7, 11) is 0. The number of thioether (sulfide) groups is 1. The fraction of sp³-hybridized carbons (Fsp3) is 0.100. The summed E-state index contributed by atoms with van der Waals surface area (Å²) in [5.41, 5.74) is 2.54. The summed E-state index contributed by atoms with van der Waals surface area (Å²) in [6.45, 7) is 0. The summed E-state index contributed by atoms with van der Waals surface area (Å²) in [5.74, 6) is -0.522. The number of H-pyrrole nitrogens is 1. The van der Waals surface area contributed by atoms with Crippen LogP contribution in [0.25, 0.3) is 10.9 Å². The summed E-state index contributed by atoms with van der Waals surface area (Å²) in [5, 5.41) is 15.0. The number of carbonyl (C=O) groups is 2. The first-order chi connectivity index (χ1) is 14.1. The average Bonchev–Trinajstić information content (AvgIpc) is 3.27. The maximum Gasteiger partial charge on any atom is 0.240 e. The number of anilines is 1. The molecular formula is C20H16ClN5O2S. The predicted octanol–water partition coefficient (Wildman–Crippen LogP) is 3.77. The molecule has 2 amide bonds. The van der Waals surface area contributed by atoms with E-state index in [9.17, 15) is 9.59 Å². The topological polar surface area (TPSA) is 98.7 Å². The summed E-state index contributed by atoms with van der Waals surface area (Å²) < 4.78 is 0. The SMILES string of the molecule is O=C(C[C@H]1S/C(=N/N=C/c2c[nH]c3ccccc23)NC1=O)Nc1ccc(Cl)cc1. The van der Waals surface area contributed by atoms with E-state index in [1.807, 2.05) is 30.5 Å². The lowest BCUT2D eigenvalue weighted by Crippen LogP contribution is -2.28. The lowest BCUT2D eigenvalue weighted by atomic mass is 10.2. The van der Waals surface area contributed by atoms with Crippen LogP contribution in [-0.4, -0.2) is 33.4 Å². The lowest BCUT2D eigenvalue weighted by Gasteiger charge is -2.07. The van der Waals surface area contributed by atoms with Crippen LogP contribution < -0.4 is 10.6 Å². The summed E-state index contributed by atoms with van der Waals surface area (Å²) >= 11 is 7.02. The van der Waals surface area contributed by atoms with Crippen molar-refractivity contribution in [3.63, 3.8) is 0 Å². The minimum Gasteiger partial charge on any atom is -0.361 e. The molecule has 1 fully saturated rings. The third-order valence-corrected chi connectivity index (χ3v) is 5.57. The monoisotopic (exact) mass is 425 g/mol. The Labute approximate surface area is 175 Å². The third-order valence-electron chi connectivity index (χ3n) is 4.24. The van der Waals surface area contributed by atoms with E-state index < -0.39 is 5.25 Å². The Morgan fingerprint density at radius 3 is 2.83 bits per heavy atom. The Morgan fingerprint density at radius 1 is 1.21 bits per heavy atom. The molecule has 0 aliphatic carbocycles. The zero-order valence-corrected chi connectivity index (χ0v) is 16.6. The molecule has 1 aliphatic rings. The van der Waals surface area contributed by atoms with Gasteiger partial charge < -0.3 is 15.6 Å². The molecule has 146 valence electrons. The van der Waals surface area contributed by atoms with Crippen LogP contribution in [0.15, 0.2) is 64.9 Å². The smallest absolute Gasteiger partial charge is 0.240 e. The number of para-hydroxylation sites is 1. The quantitative estimate of drug-likeness (QED) is 0.428. The number of hydrogen-bond donors (Lipinski definition) is 3. The highest BCUT2D eigenvalue weighted by molar-refractivity contribution is 8.15. The molecule has 9 heteroatoms. The van der Waals surface area contributed by atoms with Crippen molar-refractivity contribution in [1.82, 2.24) is 10.3 Å². The van der Waals surface area contributed by atoms with Crippen molar-refractivity contribution < 1.29 is 9.59 Å². The van der Waals surface area contributed by atoms with E-state index in [1.165, 1.54) is 11.8 Å². The van der Waals surface area contributed by atoms with Crippen LogP contribution in [0.1, 0.15) is 12.0 Å². The van der Waals surface area contributed by atoms with Crippen LogP contribution in [0.3, 0.4) is 0 Å². The molecule has 1 aliphatic heterocycles. The lowest BCUT2D eigenvalue weighted by molar-refractivity contribution is -0.122. The first-order valence-electron chi connectivity index (χ1n) is 8.78. The number of carbonyl (C=O) groups excluding carboxylic acids is 2. The summed E-state index contributed by atoms with van der Waals surface area (Å²) in [4.78, 5) is 27.5. The molecule has 0 unspecified atom stereocenters. The Hall–Kier alpha value is -3.10. The molecule has 7 nitrogen and oxygen atoms in total. The number of halogens is 1. The van der Waals surface area contributed by atoms with Gasteiger partial charge in [-0.3, -0.25) is 9.59 Å². The number of aromatic amines is 1. The van der Waals surface area contributed by atoms with Gasteiger partial charge in [0.1, 0.15) is 5.25 Å². The standard InChI is InChI=1S/C20H16ClN5O2S/c21-13-5-7-14(8-6-13)24-18(27)9-17-19(28)25-20(29-17)26-23-11-12-10-22-16-4-2-1-3-15(12)16/h1-8,10-11,17,22H,9H2,(H,24,27)(H,25,26,28)/b23-11+/t17-/m1/s1. The van der Waals surface area contributed by atoms with E-state index in [4.69, 9.17) is 11.6 Å². The van der Waals surface area contributed by atoms with Crippen molar-refractivity contribution in [1.29, 1.82) is 0 Å². The second-order valence-corrected chi connectivity index (χ2v) is 7.92. The Kier molecular flexibility index (Phi) is 5.64. The maximum atomic E-state index is 12.2. The van der Waals surface area contributed by atoms with Gasteiger partial charge in [0.05, 0.1) is 6.21 Å². The minimum atomic E-state index is -0.552. The molecule has 3 N–H and O–H groups in total. The molecule has 29 heavy (non-hydrogen) atoms. The van der Waals surface area contributed by atoms with Crippen molar-refractivity contribution in [2.24, 2.45) is 10.2 Å². The van der Waals surface area contributed by atoms with Crippen LogP contribution in [0.5, 0.6) is 0 Å². The molecule has 1 saturated heterocycles. The van der Waals surface area contributed by atoms with Crippen LogP contribution in [-0.2, 0) is 9.59 Å². The molecule has 2 aromatic carbocycles. The molecular weight excluding hydrogens is 410 g/mol. The first-order valence-corrected chi connectivity index (χ1v) is 10.0. The highest BCUT2D eigenvalue weighted by Gasteiger charge is 2.32. The molecule has 0 radical (unpaired) electrons. The van der Waals surface area contributed by atoms with Crippen LogP contribution in [0.2, 0.25) is 5.02 Å². The molecule has 3 aromatic rings. The van der Waals surface area contributed by atoms with Gasteiger partial charge in [-0.05, 0) is 30.3 Å². The Bertz CT molecular complexity index is 1120. The number of amides is 2. The molecule has 0 spiro atoms. The number of hydrogen-bond acceptors (Lipinski definition) is 5. The van der Waals surface area contributed by atoms with Gasteiger partial charge in [0.15, 0.2) is 5.17 Å². The van der Waals surface area contributed by atoms with Gasteiger partial charge >= 0.3 is 0 Å². The van der Waals surface area contributed by atoms with Crippen molar-refractivity contribution in [3.05, 3.63) is 65.3 Å². The van der Waals surface area contributed by atoms with Gasteiger partial charge in [-0.2, -0.15) is 5.10 Å². The van der Waals surface area contributed by atoms with Gasteiger partial charge in [-0.25, -0.2) is 0 Å². The van der Waals surface area contributed by atoms with Gasteiger partial charge in [0.25, 0.3) is 0 Å². The van der Waals surface area contributed by atoms with Crippen molar-refractivity contribution >= 4 is 63.1 Å². The highest BCUT2D eigenvalue weighted by atomic mass is 35.5.